The number of aliphatic hydroxyl groups is 1. The Morgan fingerprint density at radius 2 is 1.81 bits per heavy atom. The molecule has 0 saturated carbocycles. The number of nitrogens with one attached hydrogen (secondary N) is 2. The van der Waals surface area contributed by atoms with Crippen LogP contribution < -0.4 is 10.6 Å². The molecule has 0 aromatic carbocycles. The number of hydrogen-bond donors (Lipinski definition) is 4. The number of amides is 2. The summed E-state index contributed by atoms with van der Waals surface area (Å²) in [5.74, 6) is -0.858. The summed E-state index contributed by atoms with van der Waals surface area (Å²) >= 11 is 0. The van der Waals surface area contributed by atoms with Crippen LogP contribution in [0.4, 0.5) is 4.79 Å². The molecule has 0 aromatic rings. The molecule has 0 spiro atoms. The van der Waals surface area contributed by atoms with E-state index in [1.165, 1.54) is 0 Å². The Hall–Kier alpha value is -1.30. The zero-order valence-corrected chi connectivity index (χ0v) is 9.69. The average Bonchev–Trinajstić information content (AvgIpc) is 2.26. The number of carbonyl (C=O) groups excluding carboxylic acids is 1. The van der Waals surface area contributed by atoms with Gasteiger partial charge in [0.05, 0.1) is 6.61 Å². The maximum Gasteiger partial charge on any atom is 0.328 e. The summed E-state index contributed by atoms with van der Waals surface area (Å²) in [7, 11) is 0. The second kappa shape index (κ2) is 7.92. The van der Waals surface area contributed by atoms with Crippen LogP contribution in [0.3, 0.4) is 0 Å². The lowest BCUT2D eigenvalue weighted by molar-refractivity contribution is -0.140. The SMILES string of the molecule is CCC(CC)CNC(=O)N[C@@H](CO)C(=O)O. The van der Waals surface area contributed by atoms with Crippen molar-refractivity contribution in [3.05, 3.63) is 0 Å². The minimum Gasteiger partial charge on any atom is -0.480 e. The maximum absolute atomic E-state index is 11.3. The minimum atomic E-state index is -1.25. The number of aliphatic hydroxyl groups excluding tert-OH is 1. The largest absolute Gasteiger partial charge is 0.480 e. The van der Waals surface area contributed by atoms with Gasteiger partial charge in [-0.2, -0.15) is 0 Å². The summed E-state index contributed by atoms with van der Waals surface area (Å²) < 4.78 is 0. The zero-order chi connectivity index (χ0) is 12.6. The highest BCUT2D eigenvalue weighted by molar-refractivity contribution is 5.82. The molecule has 16 heavy (non-hydrogen) atoms. The Bertz CT molecular complexity index is 229. The van der Waals surface area contributed by atoms with Crippen LogP contribution in [-0.2, 0) is 4.79 Å². The molecular formula is C10H20N2O4. The standard InChI is InChI=1S/C10H20N2O4/c1-3-7(4-2)5-11-10(16)12-8(6-13)9(14)15/h7-8,13H,3-6H2,1-2H3,(H,14,15)(H2,11,12,16)/t8-/m0/s1. The number of rotatable bonds is 7. The van der Waals surface area contributed by atoms with Gasteiger partial charge in [0.25, 0.3) is 0 Å². The molecule has 0 radical (unpaired) electrons. The quantitative estimate of drug-likeness (QED) is 0.502. The van der Waals surface area contributed by atoms with Crippen molar-refractivity contribution in [2.45, 2.75) is 32.7 Å². The fourth-order valence-electron chi connectivity index (χ4n) is 1.21. The molecular weight excluding hydrogens is 212 g/mol. The third kappa shape index (κ3) is 5.55. The van der Waals surface area contributed by atoms with Crippen LogP contribution in [0, 0.1) is 5.92 Å². The molecule has 0 fully saturated rings. The predicted molar refractivity (Wildman–Crippen MR) is 59.1 cm³/mol. The molecule has 0 rings (SSSR count). The number of carbonyl (C=O) groups is 2. The molecule has 0 aliphatic carbocycles. The number of urea groups is 1. The van der Waals surface area contributed by atoms with E-state index >= 15 is 0 Å². The monoisotopic (exact) mass is 232 g/mol. The molecule has 0 saturated heterocycles. The Balaban J connectivity index is 3.93. The van der Waals surface area contributed by atoms with Gasteiger partial charge in [0, 0.05) is 6.54 Å². The van der Waals surface area contributed by atoms with Crippen molar-refractivity contribution in [2.24, 2.45) is 5.92 Å². The van der Waals surface area contributed by atoms with Crippen molar-refractivity contribution >= 4 is 12.0 Å². The van der Waals surface area contributed by atoms with Crippen LogP contribution in [0.25, 0.3) is 0 Å². The maximum atomic E-state index is 11.3. The normalized spacial score (nSPS) is 12.2. The molecule has 2 amide bonds. The molecule has 0 heterocycles. The second-order valence-electron chi connectivity index (χ2n) is 3.61. The lowest BCUT2D eigenvalue weighted by atomic mass is 10.0. The zero-order valence-electron chi connectivity index (χ0n) is 9.69. The number of aliphatic carboxylic acids is 1. The minimum absolute atomic E-state index is 0.392. The van der Waals surface area contributed by atoms with Crippen molar-refractivity contribution in [1.82, 2.24) is 10.6 Å². The van der Waals surface area contributed by atoms with Crippen LogP contribution in [0.2, 0.25) is 0 Å². The molecule has 6 nitrogen and oxygen atoms in total. The first-order valence-corrected chi connectivity index (χ1v) is 5.43. The fraction of sp³-hybridized carbons (Fsp3) is 0.800. The summed E-state index contributed by atoms with van der Waals surface area (Å²) in [4.78, 5) is 21.8. The molecule has 0 unspecified atom stereocenters. The van der Waals surface area contributed by atoms with E-state index in [1.54, 1.807) is 0 Å². The first-order chi connectivity index (χ1) is 7.54. The topological polar surface area (TPSA) is 98.7 Å². The highest BCUT2D eigenvalue weighted by Crippen LogP contribution is 2.04. The molecule has 4 N–H and O–H groups in total. The molecule has 0 bridgehead atoms. The fourth-order valence-corrected chi connectivity index (χ4v) is 1.21. The first kappa shape index (κ1) is 14.7. The smallest absolute Gasteiger partial charge is 0.328 e. The molecule has 0 aliphatic rings. The summed E-state index contributed by atoms with van der Waals surface area (Å²) in [6, 6.07) is -1.81. The second-order valence-corrected chi connectivity index (χ2v) is 3.61. The molecule has 0 aliphatic heterocycles. The number of hydrogen-bond acceptors (Lipinski definition) is 3. The van der Waals surface area contributed by atoms with Crippen molar-refractivity contribution in [1.29, 1.82) is 0 Å². The number of carboxylic acids is 1. The Kier molecular flexibility index (Phi) is 7.28. The van der Waals surface area contributed by atoms with E-state index in [2.05, 4.69) is 10.6 Å². The van der Waals surface area contributed by atoms with E-state index in [9.17, 15) is 9.59 Å². The van der Waals surface area contributed by atoms with Gasteiger partial charge in [0.15, 0.2) is 6.04 Å². The lowest BCUT2D eigenvalue weighted by Crippen LogP contribution is -2.48. The van der Waals surface area contributed by atoms with E-state index in [-0.39, 0.29) is 0 Å². The van der Waals surface area contributed by atoms with E-state index in [1.807, 2.05) is 13.8 Å². The highest BCUT2D eigenvalue weighted by atomic mass is 16.4. The summed E-state index contributed by atoms with van der Waals surface area (Å²) in [5, 5.41) is 22.0. The third-order valence-corrected chi connectivity index (χ3v) is 2.49. The van der Waals surface area contributed by atoms with Crippen LogP contribution in [0.5, 0.6) is 0 Å². The predicted octanol–water partition coefficient (Wildman–Crippen LogP) is 0.167. The summed E-state index contributed by atoms with van der Waals surface area (Å²) in [5.41, 5.74) is 0. The van der Waals surface area contributed by atoms with Crippen molar-refractivity contribution in [2.75, 3.05) is 13.2 Å². The highest BCUT2D eigenvalue weighted by Gasteiger charge is 2.18. The Morgan fingerprint density at radius 3 is 2.19 bits per heavy atom. The van der Waals surface area contributed by atoms with Gasteiger partial charge in [-0.15, -0.1) is 0 Å². The van der Waals surface area contributed by atoms with E-state index in [0.717, 1.165) is 12.8 Å². The van der Waals surface area contributed by atoms with Gasteiger partial charge in [-0.3, -0.25) is 0 Å². The van der Waals surface area contributed by atoms with Crippen LogP contribution in [-0.4, -0.2) is 41.4 Å². The molecule has 1 atom stereocenters. The number of carboxylic acid groups (broad SMARTS) is 1. The van der Waals surface area contributed by atoms with Crippen LogP contribution >= 0.6 is 0 Å². The average molecular weight is 232 g/mol. The Labute approximate surface area is 95.0 Å². The van der Waals surface area contributed by atoms with Gasteiger partial charge in [-0.05, 0) is 5.92 Å². The van der Waals surface area contributed by atoms with Crippen molar-refractivity contribution in [3.63, 3.8) is 0 Å². The van der Waals surface area contributed by atoms with E-state index in [4.69, 9.17) is 10.2 Å². The van der Waals surface area contributed by atoms with Gasteiger partial charge in [-0.1, -0.05) is 26.7 Å². The van der Waals surface area contributed by atoms with E-state index < -0.39 is 24.6 Å². The van der Waals surface area contributed by atoms with Gasteiger partial charge in [0.2, 0.25) is 0 Å². The van der Waals surface area contributed by atoms with Crippen LogP contribution in [0.1, 0.15) is 26.7 Å². The molecule has 0 aromatic heterocycles. The first-order valence-electron chi connectivity index (χ1n) is 5.43. The van der Waals surface area contributed by atoms with Gasteiger partial charge in [-0.25, -0.2) is 9.59 Å². The Morgan fingerprint density at radius 1 is 1.25 bits per heavy atom. The molecule has 94 valence electrons. The van der Waals surface area contributed by atoms with Gasteiger partial charge < -0.3 is 20.8 Å². The van der Waals surface area contributed by atoms with E-state index in [0.29, 0.717) is 12.5 Å². The molecule has 6 heteroatoms. The van der Waals surface area contributed by atoms with Crippen molar-refractivity contribution in [3.8, 4) is 0 Å². The summed E-state index contributed by atoms with van der Waals surface area (Å²) in [6.07, 6.45) is 1.91. The van der Waals surface area contributed by atoms with Crippen LogP contribution in [0.15, 0.2) is 0 Å². The van der Waals surface area contributed by atoms with Gasteiger partial charge >= 0.3 is 12.0 Å². The van der Waals surface area contributed by atoms with Gasteiger partial charge in [0.1, 0.15) is 0 Å². The summed E-state index contributed by atoms with van der Waals surface area (Å²) in [6.45, 7) is 3.95. The third-order valence-electron chi connectivity index (χ3n) is 2.49. The van der Waals surface area contributed by atoms with Crippen molar-refractivity contribution < 1.29 is 19.8 Å². The lowest BCUT2D eigenvalue weighted by Gasteiger charge is -2.16.